The molecule has 4 nitrogen and oxygen atoms in total. The van der Waals surface area contributed by atoms with Crippen molar-refractivity contribution in [2.45, 2.75) is 31.3 Å². The van der Waals surface area contributed by atoms with Gasteiger partial charge in [-0.25, -0.2) is 0 Å². The van der Waals surface area contributed by atoms with Crippen LogP contribution in [0.3, 0.4) is 0 Å². The van der Waals surface area contributed by atoms with E-state index in [-0.39, 0.29) is 12.3 Å². The van der Waals surface area contributed by atoms with Crippen molar-refractivity contribution < 1.29 is 18.7 Å². The molecule has 0 aromatic heterocycles. The molecule has 0 amide bonds. The van der Waals surface area contributed by atoms with Crippen molar-refractivity contribution in [3.8, 4) is 0 Å². The maximum atomic E-state index is 12.0. The fourth-order valence-electron chi connectivity index (χ4n) is 2.02. The first kappa shape index (κ1) is 12.2. The van der Waals surface area contributed by atoms with Gasteiger partial charge in [-0.05, 0) is 31.6 Å². The summed E-state index contributed by atoms with van der Waals surface area (Å²) in [6.45, 7) is 0.233. The van der Waals surface area contributed by atoms with Crippen molar-refractivity contribution in [2.24, 2.45) is 5.92 Å². The summed E-state index contributed by atoms with van der Waals surface area (Å²) in [6, 6.07) is 0. The van der Waals surface area contributed by atoms with Crippen molar-refractivity contribution in [3.05, 3.63) is 0 Å². The minimum Gasteiger partial charge on any atom is -0.396 e. The number of hydrogen-bond acceptors (Lipinski definition) is 4. The largest absolute Gasteiger partial charge is 0.396 e. The van der Waals surface area contributed by atoms with Crippen molar-refractivity contribution in [2.75, 3.05) is 20.8 Å². The smallest absolute Gasteiger partial charge is 0.333 e. The van der Waals surface area contributed by atoms with E-state index in [0.717, 1.165) is 25.7 Å². The Bertz CT molecular complexity index is 203. The quantitative estimate of drug-likeness (QED) is 0.739. The average molecular weight is 222 g/mol. The maximum absolute atomic E-state index is 12.0. The van der Waals surface area contributed by atoms with E-state index < -0.39 is 7.60 Å². The van der Waals surface area contributed by atoms with E-state index in [1.807, 2.05) is 0 Å². The Morgan fingerprint density at radius 1 is 1.21 bits per heavy atom. The molecule has 1 N–H and O–H groups in total. The van der Waals surface area contributed by atoms with Crippen LogP contribution in [0.5, 0.6) is 0 Å². The van der Waals surface area contributed by atoms with Crippen LogP contribution in [0.2, 0.25) is 0 Å². The molecule has 1 aliphatic carbocycles. The summed E-state index contributed by atoms with van der Waals surface area (Å²) in [5, 5.41) is 8.96. The van der Waals surface area contributed by atoms with Crippen LogP contribution in [0, 0.1) is 5.92 Å². The molecule has 1 fully saturated rings. The summed E-state index contributed by atoms with van der Waals surface area (Å²) in [5.41, 5.74) is 0.0142. The number of aliphatic hydroxyl groups excluding tert-OH is 1. The second-order valence-corrected chi connectivity index (χ2v) is 6.30. The molecule has 14 heavy (non-hydrogen) atoms. The second-order valence-electron chi connectivity index (χ2n) is 3.76. The third-order valence-electron chi connectivity index (χ3n) is 3.03. The zero-order valence-corrected chi connectivity index (χ0v) is 9.70. The Balaban J connectivity index is 2.52. The normalized spacial score (nSPS) is 29.1. The van der Waals surface area contributed by atoms with Crippen LogP contribution in [-0.4, -0.2) is 31.6 Å². The van der Waals surface area contributed by atoms with Crippen LogP contribution in [0.1, 0.15) is 25.7 Å². The fourth-order valence-corrected chi connectivity index (χ4v) is 3.69. The lowest BCUT2D eigenvalue weighted by Gasteiger charge is -2.30. The molecule has 0 aromatic rings. The summed E-state index contributed by atoms with van der Waals surface area (Å²) in [6.07, 6.45) is 3.48. The van der Waals surface area contributed by atoms with Crippen molar-refractivity contribution in [1.82, 2.24) is 0 Å². The van der Waals surface area contributed by atoms with Gasteiger partial charge in [0.2, 0.25) is 0 Å². The van der Waals surface area contributed by atoms with Gasteiger partial charge in [0.25, 0.3) is 0 Å². The van der Waals surface area contributed by atoms with Crippen molar-refractivity contribution in [3.63, 3.8) is 0 Å². The summed E-state index contributed by atoms with van der Waals surface area (Å²) in [5.74, 6) is 0.369. The van der Waals surface area contributed by atoms with Gasteiger partial charge in [0.05, 0.1) is 5.66 Å². The lowest BCUT2D eigenvalue weighted by Crippen LogP contribution is -2.22. The van der Waals surface area contributed by atoms with Gasteiger partial charge in [0.1, 0.15) is 0 Å². The van der Waals surface area contributed by atoms with E-state index in [9.17, 15) is 4.57 Å². The molecule has 0 bridgehead atoms. The first-order valence-electron chi connectivity index (χ1n) is 4.98. The van der Waals surface area contributed by atoms with E-state index in [1.165, 1.54) is 14.2 Å². The van der Waals surface area contributed by atoms with Crippen LogP contribution in [0.25, 0.3) is 0 Å². The number of rotatable bonds is 4. The molecule has 0 atom stereocenters. The van der Waals surface area contributed by atoms with E-state index in [4.69, 9.17) is 14.2 Å². The molecular formula is C9H19O4P. The van der Waals surface area contributed by atoms with Crippen LogP contribution >= 0.6 is 7.60 Å². The number of aliphatic hydroxyl groups is 1. The lowest BCUT2D eigenvalue weighted by atomic mass is 9.90. The summed E-state index contributed by atoms with van der Waals surface area (Å²) >= 11 is 0. The van der Waals surface area contributed by atoms with Gasteiger partial charge < -0.3 is 14.2 Å². The van der Waals surface area contributed by atoms with Crippen LogP contribution in [0.4, 0.5) is 0 Å². The van der Waals surface area contributed by atoms with Crippen LogP contribution in [0.15, 0.2) is 0 Å². The van der Waals surface area contributed by atoms with Crippen molar-refractivity contribution in [1.29, 1.82) is 0 Å². The minimum absolute atomic E-state index is 0.0142. The van der Waals surface area contributed by atoms with Gasteiger partial charge in [-0.15, -0.1) is 0 Å². The predicted octanol–water partition coefficient (Wildman–Crippen LogP) is 2.02. The molecule has 5 heteroatoms. The molecule has 1 aliphatic rings. The minimum atomic E-state index is -2.88. The van der Waals surface area contributed by atoms with E-state index >= 15 is 0 Å². The lowest BCUT2D eigenvalue weighted by molar-refractivity contribution is 0.181. The first-order chi connectivity index (χ1) is 6.66. The molecule has 0 radical (unpaired) electrons. The van der Waals surface area contributed by atoms with Crippen LogP contribution in [-0.2, 0) is 13.6 Å². The highest BCUT2D eigenvalue weighted by atomic mass is 31.2. The zero-order valence-electron chi connectivity index (χ0n) is 8.81. The van der Waals surface area contributed by atoms with E-state index in [1.54, 1.807) is 0 Å². The van der Waals surface area contributed by atoms with Gasteiger partial charge in [-0.3, -0.25) is 4.57 Å². The standard InChI is InChI=1S/C9H19O4P/c1-12-14(11,13-2)9-5-3-8(7-10)4-6-9/h8-10H,3-7H2,1-2H3. The topological polar surface area (TPSA) is 55.8 Å². The number of hydrogen-bond donors (Lipinski definition) is 1. The summed E-state index contributed by atoms with van der Waals surface area (Å²) < 4.78 is 21.9. The molecule has 1 saturated carbocycles. The van der Waals surface area contributed by atoms with Crippen molar-refractivity contribution >= 4 is 7.60 Å². The summed E-state index contributed by atoms with van der Waals surface area (Å²) in [7, 11) is -0.00930. The highest BCUT2D eigenvalue weighted by molar-refractivity contribution is 7.54. The molecular weight excluding hydrogens is 203 g/mol. The fraction of sp³-hybridized carbons (Fsp3) is 1.00. The van der Waals surface area contributed by atoms with E-state index in [0.29, 0.717) is 5.92 Å². The highest BCUT2D eigenvalue weighted by Gasteiger charge is 2.36. The van der Waals surface area contributed by atoms with Gasteiger partial charge in [-0.2, -0.15) is 0 Å². The second kappa shape index (κ2) is 5.26. The third-order valence-corrected chi connectivity index (χ3v) is 5.46. The molecule has 0 heterocycles. The zero-order chi connectivity index (χ0) is 10.6. The van der Waals surface area contributed by atoms with Gasteiger partial charge >= 0.3 is 7.60 Å². The molecule has 0 saturated heterocycles. The average Bonchev–Trinajstić information content (AvgIpc) is 2.28. The Kier molecular flexibility index (Phi) is 4.58. The SMILES string of the molecule is COP(=O)(OC)C1CCC(CO)CC1. The van der Waals surface area contributed by atoms with Gasteiger partial charge in [0.15, 0.2) is 0 Å². The maximum Gasteiger partial charge on any atom is 0.333 e. The first-order valence-corrected chi connectivity index (χ1v) is 6.59. The monoisotopic (exact) mass is 222 g/mol. The molecule has 0 unspecified atom stereocenters. The third kappa shape index (κ3) is 2.57. The Morgan fingerprint density at radius 3 is 2.07 bits per heavy atom. The molecule has 0 spiro atoms. The summed E-state index contributed by atoms with van der Waals surface area (Å²) in [4.78, 5) is 0. The highest BCUT2D eigenvalue weighted by Crippen LogP contribution is 2.56. The van der Waals surface area contributed by atoms with E-state index in [2.05, 4.69) is 0 Å². The molecule has 0 aliphatic heterocycles. The predicted molar refractivity (Wildman–Crippen MR) is 54.5 cm³/mol. The Hall–Kier alpha value is 0.110. The molecule has 1 rings (SSSR count). The van der Waals surface area contributed by atoms with Gasteiger partial charge in [0, 0.05) is 20.8 Å². The Labute approximate surface area is 85.1 Å². The Morgan fingerprint density at radius 2 is 1.71 bits per heavy atom. The molecule has 0 aromatic carbocycles. The van der Waals surface area contributed by atoms with Gasteiger partial charge in [-0.1, -0.05) is 0 Å². The van der Waals surface area contributed by atoms with Crippen LogP contribution < -0.4 is 0 Å². The molecule has 84 valence electrons.